The number of aromatic amines is 1. The molecule has 0 spiro atoms. The molecule has 3 heterocycles. The van der Waals surface area contributed by atoms with Gasteiger partial charge >= 0.3 is 0 Å². The second kappa shape index (κ2) is 6.87. The molecule has 2 aromatic heterocycles. The summed E-state index contributed by atoms with van der Waals surface area (Å²) in [4.78, 5) is 16.0. The van der Waals surface area contributed by atoms with Crippen molar-refractivity contribution in [2.24, 2.45) is 5.92 Å². The second-order valence-electron chi connectivity index (χ2n) is 6.07. The summed E-state index contributed by atoms with van der Waals surface area (Å²) >= 11 is 0. The number of carbonyl (C=O) groups is 1. The number of hydrogen-bond acceptors (Lipinski definition) is 6. The number of nitrogens with one attached hydrogen (secondary N) is 3. The molecule has 9 heteroatoms. The van der Waals surface area contributed by atoms with E-state index in [2.05, 4.69) is 37.7 Å². The first-order chi connectivity index (χ1) is 13.2. The van der Waals surface area contributed by atoms with E-state index in [9.17, 15) is 4.79 Å². The van der Waals surface area contributed by atoms with Crippen LogP contribution in [0, 0.1) is 5.92 Å². The molecular weight excluding hydrogens is 346 g/mol. The van der Waals surface area contributed by atoms with E-state index in [4.69, 9.17) is 4.74 Å². The number of carbonyl (C=O) groups excluding carboxylic acids is 1. The predicted molar refractivity (Wildman–Crippen MR) is 96.8 cm³/mol. The molecule has 1 amide bonds. The van der Waals surface area contributed by atoms with Crippen molar-refractivity contribution in [3.05, 3.63) is 66.6 Å². The number of rotatable bonds is 4. The van der Waals surface area contributed by atoms with Gasteiger partial charge in [-0.15, -0.1) is 0 Å². The molecule has 1 aliphatic rings. The average Bonchev–Trinajstić information content (AvgIpc) is 3.15. The Balaban J connectivity index is 1.73. The van der Waals surface area contributed by atoms with E-state index in [0.717, 1.165) is 11.3 Å². The summed E-state index contributed by atoms with van der Waals surface area (Å²) in [6.07, 6.45) is 3.48. The van der Waals surface area contributed by atoms with Crippen molar-refractivity contribution >= 4 is 17.5 Å². The normalized spacial score (nSPS) is 18.3. The van der Waals surface area contributed by atoms with Crippen molar-refractivity contribution < 1.29 is 14.5 Å². The van der Waals surface area contributed by atoms with Crippen molar-refractivity contribution in [2.75, 3.05) is 17.7 Å². The number of H-pyrrole nitrogens is 1. The van der Waals surface area contributed by atoms with Crippen molar-refractivity contribution in [2.45, 2.75) is 6.04 Å². The van der Waals surface area contributed by atoms with Gasteiger partial charge in [-0.1, -0.05) is 23.8 Å². The summed E-state index contributed by atoms with van der Waals surface area (Å²) in [6, 6.07) is 10.6. The van der Waals surface area contributed by atoms with E-state index in [-0.39, 0.29) is 5.91 Å². The number of fused-ring (bicyclic) bond motifs is 1. The maximum absolute atomic E-state index is 13.1. The van der Waals surface area contributed by atoms with Crippen LogP contribution in [0.2, 0.25) is 0 Å². The zero-order valence-corrected chi connectivity index (χ0v) is 14.6. The highest BCUT2D eigenvalue weighted by atomic mass is 16.5. The van der Waals surface area contributed by atoms with Crippen LogP contribution < -0.4 is 20.4 Å². The second-order valence-corrected chi connectivity index (χ2v) is 6.07. The fraction of sp³-hybridized carbons (Fsp3) is 0.167. The van der Waals surface area contributed by atoms with Gasteiger partial charge in [0, 0.05) is 11.8 Å². The van der Waals surface area contributed by atoms with E-state index < -0.39 is 12.0 Å². The minimum Gasteiger partial charge on any atom is -0.497 e. The van der Waals surface area contributed by atoms with Crippen LogP contribution in [0.5, 0.6) is 5.75 Å². The highest BCUT2D eigenvalue weighted by Crippen LogP contribution is 2.37. The molecule has 1 aromatic carbocycles. The maximum Gasteiger partial charge on any atom is 0.247 e. The molecule has 0 radical (unpaired) electrons. The van der Waals surface area contributed by atoms with Gasteiger partial charge < -0.3 is 15.4 Å². The van der Waals surface area contributed by atoms with Crippen LogP contribution >= 0.6 is 0 Å². The van der Waals surface area contributed by atoms with Gasteiger partial charge in [-0.05, 0) is 34.2 Å². The lowest BCUT2D eigenvalue weighted by atomic mass is 9.88. The number of pyridine rings is 1. The van der Waals surface area contributed by atoms with Gasteiger partial charge in [-0.3, -0.25) is 4.79 Å². The Bertz CT molecular complexity index is 969. The van der Waals surface area contributed by atoms with Crippen LogP contribution in [0.4, 0.5) is 11.6 Å². The third-order valence-electron chi connectivity index (χ3n) is 4.43. The molecule has 0 aliphatic carbocycles. The van der Waals surface area contributed by atoms with Gasteiger partial charge in [0.15, 0.2) is 12.4 Å². The van der Waals surface area contributed by atoms with Crippen LogP contribution in [0.15, 0.2) is 61.1 Å². The standard InChI is InChI=1S/C18H17N7O2/c1-11-15(17(26)21-13-4-3-9-19-10-13)16(25-18(20-11)22-23-24-25)12-5-7-14(27-2)8-6-12/h3-10,15-16H,1H2,2H3,(H,21,26)(H,20,22,24)/p+1. The molecular formula is C18H18N7O2+. The SMILES string of the molecule is C=C1Nc2nnnn2C(c2ccc(OC)cc2)C1C(=O)Nc1ccc[nH+]c1. The lowest BCUT2D eigenvalue weighted by molar-refractivity contribution is -0.377. The molecule has 2 atom stereocenters. The van der Waals surface area contributed by atoms with Crippen molar-refractivity contribution in [3.8, 4) is 5.75 Å². The molecule has 1 aliphatic heterocycles. The van der Waals surface area contributed by atoms with Crippen molar-refractivity contribution in [1.82, 2.24) is 20.2 Å². The maximum atomic E-state index is 13.1. The molecule has 0 bridgehead atoms. The molecule has 27 heavy (non-hydrogen) atoms. The van der Waals surface area contributed by atoms with E-state index in [1.54, 1.807) is 30.3 Å². The minimum atomic E-state index is -0.616. The van der Waals surface area contributed by atoms with Crippen LogP contribution in [-0.4, -0.2) is 33.2 Å². The predicted octanol–water partition coefficient (Wildman–Crippen LogP) is 1.28. The van der Waals surface area contributed by atoms with Gasteiger partial charge in [0.2, 0.25) is 11.9 Å². The van der Waals surface area contributed by atoms with Crippen molar-refractivity contribution in [3.63, 3.8) is 0 Å². The molecule has 9 nitrogen and oxygen atoms in total. The molecule has 3 aromatic rings. The monoisotopic (exact) mass is 364 g/mol. The van der Waals surface area contributed by atoms with E-state index in [0.29, 0.717) is 17.3 Å². The third kappa shape index (κ3) is 3.10. The Morgan fingerprint density at radius 1 is 1.33 bits per heavy atom. The van der Waals surface area contributed by atoms with Gasteiger partial charge in [0.25, 0.3) is 0 Å². The molecule has 0 saturated carbocycles. The zero-order chi connectivity index (χ0) is 18.8. The number of amides is 1. The minimum absolute atomic E-state index is 0.214. The summed E-state index contributed by atoms with van der Waals surface area (Å²) in [5.41, 5.74) is 2.05. The lowest BCUT2D eigenvalue weighted by Gasteiger charge is -2.33. The number of aromatic nitrogens is 5. The topological polar surface area (TPSA) is 108 Å². The summed E-state index contributed by atoms with van der Waals surface area (Å²) in [6.45, 7) is 4.03. The zero-order valence-electron chi connectivity index (χ0n) is 14.6. The van der Waals surface area contributed by atoms with E-state index >= 15 is 0 Å². The molecule has 0 fully saturated rings. The van der Waals surface area contributed by atoms with Crippen LogP contribution in [0.1, 0.15) is 11.6 Å². The summed E-state index contributed by atoms with van der Waals surface area (Å²) in [5.74, 6) is 0.339. The number of hydrogen-bond donors (Lipinski definition) is 2. The Morgan fingerprint density at radius 2 is 2.15 bits per heavy atom. The van der Waals surface area contributed by atoms with Gasteiger partial charge in [0.05, 0.1) is 13.2 Å². The first-order valence-corrected chi connectivity index (χ1v) is 8.32. The van der Waals surface area contributed by atoms with Crippen LogP contribution in [0.3, 0.4) is 0 Å². The highest BCUT2D eigenvalue weighted by molar-refractivity contribution is 5.95. The molecule has 2 unspecified atom stereocenters. The Labute approximate surface area is 155 Å². The smallest absolute Gasteiger partial charge is 0.247 e. The van der Waals surface area contributed by atoms with Gasteiger partial charge in [-0.25, -0.2) is 9.67 Å². The van der Waals surface area contributed by atoms with Gasteiger partial charge in [-0.2, -0.15) is 0 Å². The third-order valence-corrected chi connectivity index (χ3v) is 4.43. The molecule has 3 N–H and O–H groups in total. The lowest BCUT2D eigenvalue weighted by Crippen LogP contribution is -2.39. The first-order valence-electron chi connectivity index (χ1n) is 8.32. The Morgan fingerprint density at radius 3 is 2.85 bits per heavy atom. The number of nitrogens with zero attached hydrogens (tertiary/aromatic N) is 4. The fourth-order valence-electron chi connectivity index (χ4n) is 3.14. The largest absolute Gasteiger partial charge is 0.497 e. The Kier molecular flexibility index (Phi) is 4.25. The summed E-state index contributed by atoms with van der Waals surface area (Å²) in [7, 11) is 1.61. The summed E-state index contributed by atoms with van der Waals surface area (Å²) in [5, 5.41) is 17.7. The van der Waals surface area contributed by atoms with Crippen LogP contribution in [0.25, 0.3) is 0 Å². The number of anilines is 2. The van der Waals surface area contributed by atoms with E-state index in [1.165, 1.54) is 0 Å². The molecule has 136 valence electrons. The number of benzene rings is 1. The summed E-state index contributed by atoms with van der Waals surface area (Å²) < 4.78 is 6.82. The quantitative estimate of drug-likeness (QED) is 0.722. The highest BCUT2D eigenvalue weighted by Gasteiger charge is 2.40. The molecule has 4 rings (SSSR count). The van der Waals surface area contributed by atoms with Crippen LogP contribution in [-0.2, 0) is 4.79 Å². The average molecular weight is 364 g/mol. The van der Waals surface area contributed by atoms with Crippen molar-refractivity contribution in [1.29, 1.82) is 0 Å². The fourth-order valence-corrected chi connectivity index (χ4v) is 3.14. The van der Waals surface area contributed by atoms with Gasteiger partial charge in [0.1, 0.15) is 17.4 Å². The number of ether oxygens (including phenoxy) is 1. The number of tetrazole rings is 1. The number of methoxy groups -OCH3 is 1. The first kappa shape index (κ1) is 16.7. The Hall–Kier alpha value is -3.75. The molecule has 0 saturated heterocycles. The van der Waals surface area contributed by atoms with E-state index in [1.807, 2.05) is 30.3 Å².